The number of pyridine rings is 2. The first-order chi connectivity index (χ1) is 9.21. The van der Waals surface area contributed by atoms with Crippen LogP contribution in [-0.2, 0) is 20.6 Å². The minimum absolute atomic E-state index is 0. The van der Waals surface area contributed by atoms with Crippen molar-refractivity contribution in [1.29, 1.82) is 0 Å². The molecule has 0 aliphatic carbocycles. The van der Waals surface area contributed by atoms with Crippen molar-refractivity contribution < 1.29 is 58.7 Å². The van der Waals surface area contributed by atoms with Gasteiger partial charge in [0.1, 0.15) is 0 Å². The Balaban J connectivity index is 0.00000220. The average Bonchev–Trinajstić information content (AvgIpc) is 2.37. The van der Waals surface area contributed by atoms with E-state index in [1.54, 1.807) is 0 Å². The number of nitrogens with zero attached hydrogens (tertiary/aromatic N) is 2. The molecule has 2 aromatic rings. The molecule has 0 aliphatic heterocycles. The van der Waals surface area contributed by atoms with Crippen molar-refractivity contribution in [3.63, 3.8) is 0 Å². The zero-order valence-corrected chi connectivity index (χ0v) is 13.8. The molecule has 0 fully saturated rings. The van der Waals surface area contributed by atoms with Crippen LogP contribution in [0.2, 0.25) is 0 Å². The Morgan fingerprint density at radius 2 is 1.00 bits per heavy atom. The molecule has 122 valence electrons. The number of hydrogen-bond acceptors (Lipinski definition) is 4. The predicted octanol–water partition coefficient (Wildman–Crippen LogP) is -6.76. The van der Waals surface area contributed by atoms with E-state index in [1.165, 1.54) is 36.4 Å². The van der Waals surface area contributed by atoms with Crippen molar-refractivity contribution in [2.24, 2.45) is 0 Å². The Morgan fingerprint density at radius 1 is 0.682 bits per heavy atom. The first kappa shape index (κ1) is 20.7. The zero-order chi connectivity index (χ0) is 15.0. The second-order valence-corrected chi connectivity index (χ2v) is 6.30. The standard InChI is InChI=1S/C10H8N2O6S2.2ClH/c13-19(14,15)11-7-3-1-5-9(11)10-6-2-4-8-12(10)20(16,17)18;;/h1-8H;2*1H. The molecule has 0 unspecified atom stereocenters. The number of hydrogen-bond donors (Lipinski definition) is 2. The fourth-order valence-electron chi connectivity index (χ4n) is 1.66. The summed E-state index contributed by atoms with van der Waals surface area (Å²) in [6.07, 6.45) is 2.10. The van der Waals surface area contributed by atoms with Gasteiger partial charge in [-0.3, -0.25) is 0 Å². The van der Waals surface area contributed by atoms with E-state index < -0.39 is 20.6 Å². The third-order valence-corrected chi connectivity index (χ3v) is 4.04. The van der Waals surface area contributed by atoms with Crippen LogP contribution < -0.4 is 32.8 Å². The summed E-state index contributed by atoms with van der Waals surface area (Å²) in [5, 5.41) is 0. The van der Waals surface area contributed by atoms with Crippen molar-refractivity contribution in [2.75, 3.05) is 0 Å². The molecular weight excluding hydrogens is 379 g/mol. The highest BCUT2D eigenvalue weighted by atomic mass is 35.5. The number of halogens is 2. The van der Waals surface area contributed by atoms with Gasteiger partial charge in [-0.15, -0.1) is 16.8 Å². The van der Waals surface area contributed by atoms with Crippen LogP contribution in [0.25, 0.3) is 11.4 Å². The molecule has 2 heterocycles. The Bertz CT molecular complexity index is 797. The normalized spacial score (nSPS) is 11.2. The predicted molar refractivity (Wildman–Crippen MR) is 66.2 cm³/mol. The van der Waals surface area contributed by atoms with E-state index in [0.717, 1.165) is 12.4 Å². The van der Waals surface area contributed by atoms with Crippen molar-refractivity contribution in [3.05, 3.63) is 48.8 Å². The molecule has 8 nitrogen and oxygen atoms in total. The molecule has 0 spiro atoms. The Labute approximate surface area is 139 Å². The summed E-state index contributed by atoms with van der Waals surface area (Å²) in [5.41, 5.74) is -0.263. The third-order valence-electron chi connectivity index (χ3n) is 2.41. The number of rotatable bonds is 3. The van der Waals surface area contributed by atoms with Crippen molar-refractivity contribution >= 4 is 20.6 Å². The molecule has 22 heavy (non-hydrogen) atoms. The van der Waals surface area contributed by atoms with Crippen LogP contribution >= 0.6 is 0 Å². The van der Waals surface area contributed by atoms with Gasteiger partial charge in [0.05, 0.1) is 0 Å². The molecule has 0 saturated heterocycles. The highest BCUT2D eigenvalue weighted by Gasteiger charge is 2.33. The summed E-state index contributed by atoms with van der Waals surface area (Å²) in [6.45, 7) is 0. The first-order valence-electron chi connectivity index (χ1n) is 5.19. The average molecular weight is 389 g/mol. The SMILES string of the molecule is O=S(=O)(O)[n+]1ccccc1-c1cccc[n+]1S(=O)(=O)O.[Cl-].[Cl-]. The largest absolute Gasteiger partial charge is 1.00 e. The topological polar surface area (TPSA) is 117 Å². The molecule has 0 aromatic carbocycles. The van der Waals surface area contributed by atoms with Gasteiger partial charge in [-0.05, 0) is 12.1 Å². The summed E-state index contributed by atoms with van der Waals surface area (Å²) in [7, 11) is -9.23. The van der Waals surface area contributed by atoms with Crippen LogP contribution in [0.15, 0.2) is 48.8 Å². The van der Waals surface area contributed by atoms with Crippen LogP contribution in [0, 0.1) is 0 Å². The van der Waals surface area contributed by atoms with Crippen LogP contribution in [0.1, 0.15) is 0 Å². The lowest BCUT2D eigenvalue weighted by Crippen LogP contribution is -3.00. The van der Waals surface area contributed by atoms with Crippen LogP contribution in [0.5, 0.6) is 0 Å². The summed E-state index contributed by atoms with van der Waals surface area (Å²) >= 11 is 0. The fraction of sp³-hybridized carbons (Fsp3) is 0. The first-order valence-corrected chi connectivity index (χ1v) is 7.98. The second-order valence-electron chi connectivity index (χ2n) is 3.72. The summed E-state index contributed by atoms with van der Waals surface area (Å²) in [4.78, 5) is 0. The van der Waals surface area contributed by atoms with Crippen molar-refractivity contribution in [1.82, 2.24) is 0 Å². The van der Waals surface area contributed by atoms with E-state index in [-0.39, 0.29) is 36.2 Å². The Morgan fingerprint density at radius 3 is 1.27 bits per heavy atom. The highest BCUT2D eigenvalue weighted by Crippen LogP contribution is 2.11. The van der Waals surface area contributed by atoms with E-state index in [9.17, 15) is 16.8 Å². The second kappa shape index (κ2) is 7.31. The van der Waals surface area contributed by atoms with Crippen LogP contribution in [0.4, 0.5) is 0 Å². The van der Waals surface area contributed by atoms with Crippen LogP contribution in [0.3, 0.4) is 0 Å². The molecule has 2 N–H and O–H groups in total. The molecule has 0 aliphatic rings. The van der Waals surface area contributed by atoms with Gasteiger partial charge < -0.3 is 24.8 Å². The lowest BCUT2D eigenvalue weighted by molar-refractivity contribution is -0.540. The monoisotopic (exact) mass is 388 g/mol. The van der Waals surface area contributed by atoms with Gasteiger partial charge in [-0.1, -0.05) is 7.94 Å². The third kappa shape index (κ3) is 4.35. The molecular formula is C10H10Cl2N2O6S2. The summed E-state index contributed by atoms with van der Waals surface area (Å²) < 4.78 is 64.4. The quantitative estimate of drug-likeness (QED) is 0.398. The molecule has 0 atom stereocenters. The van der Waals surface area contributed by atoms with Crippen molar-refractivity contribution in [2.45, 2.75) is 0 Å². The van der Waals surface area contributed by atoms with E-state index >= 15 is 0 Å². The molecule has 0 saturated carbocycles. The van der Waals surface area contributed by atoms with E-state index in [1.807, 2.05) is 0 Å². The maximum absolute atomic E-state index is 11.3. The van der Waals surface area contributed by atoms with Crippen LogP contribution in [-0.4, -0.2) is 25.9 Å². The van der Waals surface area contributed by atoms with Gasteiger partial charge >= 0.3 is 20.6 Å². The minimum Gasteiger partial charge on any atom is -1.00 e. The smallest absolute Gasteiger partial charge is 0.512 e. The van der Waals surface area contributed by atoms with Gasteiger partial charge in [0.25, 0.3) is 11.4 Å². The van der Waals surface area contributed by atoms with Gasteiger partial charge in [0.2, 0.25) is 0 Å². The molecule has 0 radical (unpaired) electrons. The van der Waals surface area contributed by atoms with Gasteiger partial charge in [-0.2, -0.15) is 0 Å². The molecule has 0 bridgehead atoms. The fourth-order valence-corrected chi connectivity index (χ4v) is 2.91. The van der Waals surface area contributed by atoms with Gasteiger partial charge in [-0.25, -0.2) is 9.11 Å². The Kier molecular flexibility index (Phi) is 6.88. The van der Waals surface area contributed by atoms with E-state index in [2.05, 4.69) is 0 Å². The number of aromatic nitrogens is 2. The summed E-state index contributed by atoms with van der Waals surface area (Å²) in [6, 6.07) is 8.17. The minimum atomic E-state index is -4.62. The highest BCUT2D eigenvalue weighted by molar-refractivity contribution is 7.79. The summed E-state index contributed by atoms with van der Waals surface area (Å²) in [5.74, 6) is 0. The molecule has 12 heteroatoms. The van der Waals surface area contributed by atoms with Gasteiger partial charge in [0, 0.05) is 24.3 Å². The molecule has 0 amide bonds. The lowest BCUT2D eigenvalue weighted by atomic mass is 10.2. The van der Waals surface area contributed by atoms with Crippen molar-refractivity contribution in [3.8, 4) is 11.4 Å². The zero-order valence-electron chi connectivity index (χ0n) is 10.6. The van der Waals surface area contributed by atoms with E-state index in [4.69, 9.17) is 9.11 Å². The van der Waals surface area contributed by atoms with Gasteiger partial charge in [0.15, 0.2) is 12.4 Å². The molecule has 2 aromatic heterocycles. The van der Waals surface area contributed by atoms with E-state index in [0.29, 0.717) is 7.94 Å². The molecule has 2 rings (SSSR count). The Hall–Kier alpha value is -1.30. The lowest BCUT2D eigenvalue weighted by Gasteiger charge is -1.99. The maximum Gasteiger partial charge on any atom is 0.512 e. The maximum atomic E-state index is 11.3.